The number of hydrogen-bond donors (Lipinski definition) is 1. The molecule has 17 heavy (non-hydrogen) atoms. The van der Waals surface area contributed by atoms with Gasteiger partial charge in [-0.15, -0.1) is 0 Å². The first kappa shape index (κ1) is 13.3. The van der Waals surface area contributed by atoms with Crippen LogP contribution in [-0.4, -0.2) is 25.6 Å². The van der Waals surface area contributed by atoms with Crippen molar-refractivity contribution in [2.45, 2.75) is 6.18 Å². The number of rotatable bonds is 2. The lowest BCUT2D eigenvalue weighted by atomic mass is 10.1. The van der Waals surface area contributed by atoms with Crippen molar-refractivity contribution >= 4 is 5.78 Å². The maximum atomic E-state index is 12.2. The maximum absolute atomic E-state index is 12.2. The summed E-state index contributed by atoms with van der Waals surface area (Å²) in [5.41, 5.74) is -0.0101. The molecule has 0 saturated heterocycles. The first-order valence-corrected chi connectivity index (χ1v) is 4.80. The Kier molecular flexibility index (Phi) is 4.30. The molecule has 0 heterocycles. The molecule has 0 unspecified atom stereocenters. The summed E-state index contributed by atoms with van der Waals surface area (Å²) in [6.45, 7) is 0.428. The van der Waals surface area contributed by atoms with Gasteiger partial charge in [0.05, 0.1) is 6.54 Å². The molecule has 0 aliphatic carbocycles. The van der Waals surface area contributed by atoms with Gasteiger partial charge in [0.15, 0.2) is 0 Å². The summed E-state index contributed by atoms with van der Waals surface area (Å²) in [5.74, 6) is 3.51. The lowest BCUT2D eigenvalue weighted by Crippen LogP contribution is -2.22. The van der Waals surface area contributed by atoms with Crippen LogP contribution in [0.15, 0.2) is 24.3 Å². The average Bonchev–Trinajstić information content (AvgIpc) is 2.28. The van der Waals surface area contributed by atoms with Crippen molar-refractivity contribution in [3.63, 3.8) is 0 Å². The van der Waals surface area contributed by atoms with Crippen molar-refractivity contribution in [1.29, 1.82) is 0 Å². The van der Waals surface area contributed by atoms with E-state index in [4.69, 9.17) is 0 Å². The number of carbonyl (C=O) groups is 1. The second kappa shape index (κ2) is 5.51. The number of hydrogen-bond acceptors (Lipinski definition) is 2. The summed E-state index contributed by atoms with van der Waals surface area (Å²) < 4.78 is 36.5. The molecule has 0 aromatic heterocycles. The molecule has 90 valence electrons. The lowest BCUT2D eigenvalue weighted by Gasteiger charge is -2.04. The zero-order valence-corrected chi connectivity index (χ0v) is 9.06. The lowest BCUT2D eigenvalue weighted by molar-refractivity contribution is -0.0885. The molecule has 0 aliphatic heterocycles. The van der Waals surface area contributed by atoms with Crippen LogP contribution in [0.25, 0.3) is 0 Å². The predicted octanol–water partition coefficient (Wildman–Crippen LogP) is 2.00. The molecule has 0 fully saturated rings. The summed E-state index contributed by atoms with van der Waals surface area (Å²) in [6, 6.07) is 5.19. The summed E-state index contributed by atoms with van der Waals surface area (Å²) >= 11 is 0. The predicted molar refractivity (Wildman–Crippen MR) is 57.6 cm³/mol. The molecule has 0 atom stereocenters. The van der Waals surface area contributed by atoms with E-state index in [2.05, 4.69) is 17.2 Å². The normalized spacial score (nSPS) is 10.6. The monoisotopic (exact) mass is 241 g/mol. The van der Waals surface area contributed by atoms with E-state index in [-0.39, 0.29) is 0 Å². The number of ketones is 1. The van der Waals surface area contributed by atoms with E-state index in [1.807, 2.05) is 0 Å². The fourth-order valence-electron chi connectivity index (χ4n) is 1.14. The molecule has 0 amide bonds. The highest BCUT2D eigenvalue weighted by molar-refractivity contribution is 6.00. The third-order valence-corrected chi connectivity index (χ3v) is 1.88. The van der Waals surface area contributed by atoms with Gasteiger partial charge in [0.1, 0.15) is 0 Å². The van der Waals surface area contributed by atoms with Crippen LogP contribution in [0.1, 0.15) is 15.9 Å². The summed E-state index contributed by atoms with van der Waals surface area (Å²) in [6.07, 6.45) is -4.85. The summed E-state index contributed by atoms with van der Waals surface area (Å²) in [5, 5.41) is 2.78. The molecule has 5 heteroatoms. The van der Waals surface area contributed by atoms with E-state index in [1.54, 1.807) is 13.1 Å². The first-order valence-electron chi connectivity index (χ1n) is 4.80. The van der Waals surface area contributed by atoms with Crippen molar-refractivity contribution in [1.82, 2.24) is 5.32 Å². The number of halogens is 3. The summed E-state index contributed by atoms with van der Waals surface area (Å²) in [4.78, 5) is 11.0. The molecule has 1 rings (SSSR count). The smallest absolute Gasteiger partial charge is 0.309 e. The van der Waals surface area contributed by atoms with Crippen LogP contribution in [0, 0.1) is 11.8 Å². The van der Waals surface area contributed by atoms with Gasteiger partial charge in [0, 0.05) is 11.1 Å². The van der Waals surface area contributed by atoms with Crippen LogP contribution in [0.3, 0.4) is 0 Å². The molecule has 0 bridgehead atoms. The van der Waals surface area contributed by atoms with Gasteiger partial charge in [0.2, 0.25) is 0 Å². The number of Topliss-reactive ketones (excluding diaryl/α,β-unsaturated/α-hetero) is 1. The van der Waals surface area contributed by atoms with Gasteiger partial charge >= 0.3 is 6.18 Å². The Morgan fingerprint density at radius 1 is 1.41 bits per heavy atom. The van der Waals surface area contributed by atoms with E-state index in [1.165, 1.54) is 6.07 Å². The van der Waals surface area contributed by atoms with Gasteiger partial charge < -0.3 is 5.32 Å². The highest BCUT2D eigenvalue weighted by Crippen LogP contribution is 2.21. The van der Waals surface area contributed by atoms with Gasteiger partial charge in [-0.2, -0.15) is 13.2 Å². The standard InChI is InChI=1S/C12H10F3NO/c1-16-7-3-5-9-4-2-6-10(8-9)11(17)12(13,14)15/h2,4,6,8,16H,7H2,1H3. The van der Waals surface area contributed by atoms with E-state index >= 15 is 0 Å². The molecule has 1 aromatic rings. The highest BCUT2D eigenvalue weighted by Gasteiger charge is 2.39. The molecule has 0 spiro atoms. The number of carbonyl (C=O) groups excluding carboxylic acids is 1. The third kappa shape index (κ3) is 3.93. The van der Waals surface area contributed by atoms with Crippen molar-refractivity contribution in [3.8, 4) is 11.8 Å². The van der Waals surface area contributed by atoms with Gasteiger partial charge in [-0.1, -0.05) is 24.0 Å². The SMILES string of the molecule is CNCC#Cc1cccc(C(=O)C(F)(F)F)c1. The molecule has 0 aliphatic rings. The van der Waals surface area contributed by atoms with Crippen LogP contribution < -0.4 is 5.32 Å². The van der Waals surface area contributed by atoms with E-state index < -0.39 is 17.5 Å². The fourth-order valence-corrected chi connectivity index (χ4v) is 1.14. The van der Waals surface area contributed by atoms with Crippen LogP contribution in [-0.2, 0) is 0 Å². The molecule has 2 nitrogen and oxygen atoms in total. The average molecular weight is 241 g/mol. The van der Waals surface area contributed by atoms with Crippen LogP contribution in [0.5, 0.6) is 0 Å². The number of alkyl halides is 3. The van der Waals surface area contributed by atoms with Crippen molar-refractivity contribution in [3.05, 3.63) is 35.4 Å². The molecule has 0 radical (unpaired) electrons. The minimum Gasteiger partial charge on any atom is -0.309 e. The Bertz CT molecular complexity index is 469. The maximum Gasteiger partial charge on any atom is 0.454 e. The third-order valence-electron chi connectivity index (χ3n) is 1.88. The van der Waals surface area contributed by atoms with Gasteiger partial charge in [-0.3, -0.25) is 4.79 Å². The Labute approximate surface area is 96.8 Å². The second-order valence-corrected chi connectivity index (χ2v) is 3.24. The van der Waals surface area contributed by atoms with E-state index in [0.29, 0.717) is 12.1 Å². The quantitative estimate of drug-likeness (QED) is 0.634. The zero-order chi connectivity index (χ0) is 12.9. The minimum atomic E-state index is -4.85. The number of benzene rings is 1. The van der Waals surface area contributed by atoms with Crippen molar-refractivity contribution in [2.24, 2.45) is 0 Å². The second-order valence-electron chi connectivity index (χ2n) is 3.24. The fraction of sp³-hybridized carbons (Fsp3) is 0.250. The van der Waals surface area contributed by atoms with Gasteiger partial charge in [0.25, 0.3) is 5.78 Å². The molecule has 0 saturated carbocycles. The zero-order valence-electron chi connectivity index (χ0n) is 9.06. The first-order chi connectivity index (χ1) is 7.95. The van der Waals surface area contributed by atoms with Crippen LogP contribution >= 0.6 is 0 Å². The molecular formula is C12H10F3NO. The molecule has 1 aromatic carbocycles. The van der Waals surface area contributed by atoms with E-state index in [0.717, 1.165) is 12.1 Å². The van der Waals surface area contributed by atoms with Gasteiger partial charge in [-0.05, 0) is 19.2 Å². The Morgan fingerprint density at radius 3 is 2.71 bits per heavy atom. The Balaban J connectivity index is 2.95. The topological polar surface area (TPSA) is 29.1 Å². The largest absolute Gasteiger partial charge is 0.454 e. The molecular weight excluding hydrogens is 231 g/mol. The number of nitrogens with one attached hydrogen (secondary N) is 1. The van der Waals surface area contributed by atoms with E-state index in [9.17, 15) is 18.0 Å². The van der Waals surface area contributed by atoms with Crippen molar-refractivity contribution < 1.29 is 18.0 Å². The molecule has 1 N–H and O–H groups in total. The Hall–Kier alpha value is -1.80. The van der Waals surface area contributed by atoms with Crippen LogP contribution in [0.2, 0.25) is 0 Å². The van der Waals surface area contributed by atoms with Crippen LogP contribution in [0.4, 0.5) is 13.2 Å². The minimum absolute atomic E-state index is 0.385. The Morgan fingerprint density at radius 2 is 2.12 bits per heavy atom. The highest BCUT2D eigenvalue weighted by atomic mass is 19.4. The van der Waals surface area contributed by atoms with Crippen molar-refractivity contribution in [2.75, 3.05) is 13.6 Å². The summed E-state index contributed by atoms with van der Waals surface area (Å²) in [7, 11) is 1.71. The van der Waals surface area contributed by atoms with Gasteiger partial charge in [-0.25, -0.2) is 0 Å².